The van der Waals surface area contributed by atoms with Crippen molar-refractivity contribution in [1.82, 2.24) is 16.8 Å². The van der Waals surface area contributed by atoms with Gasteiger partial charge in [0.25, 0.3) is 0 Å². The minimum Gasteiger partial charge on any atom is -0.480 e. The van der Waals surface area contributed by atoms with Crippen LogP contribution in [0.3, 0.4) is 0 Å². The molecule has 2 unspecified atom stereocenters. The number of thiol groups is 1. The largest absolute Gasteiger partial charge is 0.480 e. The summed E-state index contributed by atoms with van der Waals surface area (Å²) in [6.07, 6.45) is -0.235. The molecule has 0 rings (SSSR count). The van der Waals surface area contributed by atoms with Crippen molar-refractivity contribution < 1.29 is 29.4 Å². The molecule has 2 atom stereocenters. The van der Waals surface area contributed by atoms with Gasteiger partial charge in [0.05, 0.1) is 0 Å². The van der Waals surface area contributed by atoms with Crippen LogP contribution in [0.2, 0.25) is 0 Å². The predicted molar refractivity (Wildman–Crippen MR) is 76.3 cm³/mol. The van der Waals surface area contributed by atoms with E-state index in [1.54, 1.807) is 0 Å². The van der Waals surface area contributed by atoms with Crippen molar-refractivity contribution >= 4 is 36.4 Å². The highest BCUT2D eigenvalue weighted by atomic mass is 32.1. The van der Waals surface area contributed by atoms with E-state index in [2.05, 4.69) is 23.3 Å². The Balaban J connectivity index is 0. The summed E-state index contributed by atoms with van der Waals surface area (Å²) in [6.45, 7) is -0.567. The van der Waals surface area contributed by atoms with Crippen molar-refractivity contribution in [2.45, 2.75) is 24.9 Å². The van der Waals surface area contributed by atoms with E-state index in [0.717, 1.165) is 0 Å². The van der Waals surface area contributed by atoms with Crippen LogP contribution in [0.25, 0.3) is 0 Å². The smallest absolute Gasteiger partial charge is 0.322 e. The number of carbonyl (C=O) groups is 4. The van der Waals surface area contributed by atoms with Crippen LogP contribution in [0.4, 0.5) is 0 Å². The first-order chi connectivity index (χ1) is 9.27. The number of carboxylic acid groups (broad SMARTS) is 2. The van der Waals surface area contributed by atoms with Crippen molar-refractivity contribution in [1.29, 1.82) is 0 Å². The van der Waals surface area contributed by atoms with Crippen LogP contribution in [0.5, 0.6) is 0 Å². The summed E-state index contributed by atoms with van der Waals surface area (Å²) in [7, 11) is 0. The zero-order chi connectivity index (χ0) is 15.7. The molecule has 0 fully saturated rings. The number of carboxylic acids is 2. The lowest BCUT2D eigenvalue weighted by Crippen LogP contribution is -2.49. The molecular formula is C10H20N4O6S. The Morgan fingerprint density at radius 3 is 2.19 bits per heavy atom. The molecule has 10 nitrogen and oxygen atoms in total. The molecule has 0 aromatic rings. The Morgan fingerprint density at radius 1 is 1.19 bits per heavy atom. The van der Waals surface area contributed by atoms with Gasteiger partial charge in [-0.25, -0.2) is 0 Å². The van der Waals surface area contributed by atoms with Crippen molar-refractivity contribution in [2.24, 2.45) is 5.73 Å². The molecule has 0 spiro atoms. The first-order valence-electron chi connectivity index (χ1n) is 5.66. The van der Waals surface area contributed by atoms with Crippen LogP contribution in [0.1, 0.15) is 12.8 Å². The van der Waals surface area contributed by atoms with E-state index in [1.807, 2.05) is 0 Å². The van der Waals surface area contributed by atoms with Gasteiger partial charge in [0.15, 0.2) is 0 Å². The molecule has 122 valence electrons. The first-order valence-corrected chi connectivity index (χ1v) is 6.29. The number of rotatable bonds is 9. The highest BCUT2D eigenvalue weighted by Gasteiger charge is 2.20. The van der Waals surface area contributed by atoms with Gasteiger partial charge in [-0.3, -0.25) is 19.2 Å². The van der Waals surface area contributed by atoms with E-state index < -0.39 is 42.4 Å². The van der Waals surface area contributed by atoms with E-state index in [4.69, 9.17) is 15.9 Å². The fraction of sp³-hybridized carbons (Fsp3) is 0.600. The van der Waals surface area contributed by atoms with E-state index >= 15 is 0 Å². The number of nitrogens with one attached hydrogen (secondary N) is 2. The topological polar surface area (TPSA) is 194 Å². The number of aliphatic carboxylic acids is 2. The van der Waals surface area contributed by atoms with Crippen LogP contribution in [0.15, 0.2) is 0 Å². The second-order valence-corrected chi connectivity index (χ2v) is 4.26. The van der Waals surface area contributed by atoms with E-state index in [-0.39, 0.29) is 24.7 Å². The minimum absolute atomic E-state index is 0. The summed E-state index contributed by atoms with van der Waals surface area (Å²) >= 11 is 3.87. The second-order valence-electron chi connectivity index (χ2n) is 3.90. The van der Waals surface area contributed by atoms with E-state index in [0.29, 0.717) is 0 Å². The molecular weight excluding hydrogens is 304 g/mol. The van der Waals surface area contributed by atoms with Crippen LogP contribution >= 0.6 is 12.6 Å². The lowest BCUT2D eigenvalue weighted by molar-refractivity contribution is -0.139. The number of carbonyl (C=O) groups excluding carboxylic acids is 2. The van der Waals surface area contributed by atoms with Crippen molar-refractivity contribution in [3.63, 3.8) is 0 Å². The molecule has 0 radical (unpaired) electrons. The average molecular weight is 324 g/mol. The number of hydrogen-bond donors (Lipinski definition) is 7. The Labute approximate surface area is 126 Å². The van der Waals surface area contributed by atoms with Gasteiger partial charge in [-0.05, 0) is 6.42 Å². The predicted octanol–water partition coefficient (Wildman–Crippen LogP) is -2.04. The molecule has 0 aromatic heterocycles. The second kappa shape index (κ2) is 10.9. The molecule has 9 N–H and O–H groups in total. The van der Waals surface area contributed by atoms with Crippen molar-refractivity contribution in [3.05, 3.63) is 0 Å². The van der Waals surface area contributed by atoms with Crippen LogP contribution in [-0.4, -0.2) is 58.3 Å². The Morgan fingerprint density at radius 2 is 1.76 bits per heavy atom. The summed E-state index contributed by atoms with van der Waals surface area (Å²) in [5.41, 5.74) is 5.23. The van der Waals surface area contributed by atoms with E-state index in [1.165, 1.54) is 0 Å². The number of amides is 2. The molecule has 0 aliphatic carbocycles. The lowest BCUT2D eigenvalue weighted by atomic mass is 10.1. The molecule has 0 bridgehead atoms. The number of nitrogens with two attached hydrogens (primary N) is 1. The van der Waals surface area contributed by atoms with Gasteiger partial charge in [-0.1, -0.05) is 0 Å². The Hall–Kier alpha value is -1.85. The molecule has 0 saturated heterocycles. The molecule has 0 saturated carbocycles. The summed E-state index contributed by atoms with van der Waals surface area (Å²) in [5.74, 6) is -3.70. The molecule has 0 aliphatic heterocycles. The summed E-state index contributed by atoms with van der Waals surface area (Å²) in [5, 5.41) is 21.4. The maximum absolute atomic E-state index is 11.5. The standard InChI is InChI=1S/C10H17N3O6S.H3N/c11-5(10(18)19)1-2-7(14)13-6(4-20)9(17)12-3-8(15)16;/h5-6,20H,1-4,11H2,(H,12,17)(H,13,14)(H,15,16)(H,18,19);1H3. The summed E-state index contributed by atoms with van der Waals surface area (Å²) in [6, 6.07) is -2.15. The Bertz CT molecular complexity index is 392. The minimum atomic E-state index is -1.22. The third-order valence-electron chi connectivity index (χ3n) is 2.25. The normalized spacial score (nSPS) is 12.5. The van der Waals surface area contributed by atoms with Gasteiger partial charge in [0.2, 0.25) is 11.8 Å². The summed E-state index contributed by atoms with van der Waals surface area (Å²) in [4.78, 5) is 43.7. The van der Waals surface area contributed by atoms with Crippen LogP contribution < -0.4 is 22.5 Å². The highest BCUT2D eigenvalue weighted by Crippen LogP contribution is 1.97. The average Bonchev–Trinajstić information content (AvgIpc) is 2.38. The summed E-state index contributed by atoms with van der Waals surface area (Å²) < 4.78 is 0. The van der Waals surface area contributed by atoms with E-state index in [9.17, 15) is 19.2 Å². The molecule has 2 amide bonds. The van der Waals surface area contributed by atoms with Gasteiger partial charge in [0.1, 0.15) is 18.6 Å². The van der Waals surface area contributed by atoms with Crippen molar-refractivity contribution in [2.75, 3.05) is 12.3 Å². The zero-order valence-corrected chi connectivity index (χ0v) is 12.1. The van der Waals surface area contributed by atoms with Gasteiger partial charge in [-0.15, -0.1) is 0 Å². The quantitative estimate of drug-likeness (QED) is 0.235. The molecule has 11 heteroatoms. The molecule has 21 heavy (non-hydrogen) atoms. The van der Waals surface area contributed by atoms with Crippen LogP contribution in [-0.2, 0) is 19.2 Å². The van der Waals surface area contributed by atoms with Crippen LogP contribution in [0, 0.1) is 0 Å². The van der Waals surface area contributed by atoms with Crippen molar-refractivity contribution in [3.8, 4) is 0 Å². The third kappa shape index (κ3) is 9.65. The van der Waals surface area contributed by atoms with Gasteiger partial charge in [-0.2, -0.15) is 12.6 Å². The molecule has 0 heterocycles. The van der Waals surface area contributed by atoms with Gasteiger partial charge >= 0.3 is 11.9 Å². The maximum atomic E-state index is 11.5. The number of hydrogen-bond acceptors (Lipinski definition) is 7. The molecule has 0 aromatic carbocycles. The first kappa shape index (κ1) is 21.4. The zero-order valence-electron chi connectivity index (χ0n) is 11.2. The Kier molecular flexibility index (Phi) is 11.1. The van der Waals surface area contributed by atoms with Gasteiger partial charge < -0.3 is 32.7 Å². The van der Waals surface area contributed by atoms with Gasteiger partial charge in [0, 0.05) is 12.2 Å². The fourth-order valence-electron chi connectivity index (χ4n) is 1.16. The maximum Gasteiger partial charge on any atom is 0.322 e. The monoisotopic (exact) mass is 324 g/mol. The lowest BCUT2D eigenvalue weighted by Gasteiger charge is -2.16. The molecule has 0 aliphatic rings. The highest BCUT2D eigenvalue weighted by molar-refractivity contribution is 7.80. The third-order valence-corrected chi connectivity index (χ3v) is 2.61. The fourth-order valence-corrected chi connectivity index (χ4v) is 1.41. The SMILES string of the molecule is N.NC(CCC(=O)NC(CS)C(=O)NCC(=O)O)C(=O)O.